The Morgan fingerprint density at radius 3 is 2.13 bits per heavy atom. The van der Waals surface area contributed by atoms with Crippen LogP contribution >= 0.6 is 11.6 Å². The van der Waals surface area contributed by atoms with Gasteiger partial charge in [0.15, 0.2) is 0 Å². The zero-order valence-corrected chi connectivity index (χ0v) is 10.1. The van der Waals surface area contributed by atoms with Crippen LogP contribution in [0.2, 0.25) is 0 Å². The average molecular weight is 247 g/mol. The highest BCUT2D eigenvalue weighted by atomic mass is 35.5. The van der Waals surface area contributed by atoms with E-state index in [1.165, 1.54) is 0 Å². The van der Waals surface area contributed by atoms with E-state index in [2.05, 4.69) is 4.74 Å². The standard InChI is InChI=1S/C10H18ClF3O/c1-9(2,3)8(11)5-4-6-15-7-10(12,13)14/h8H,4-7H2,1-3H3. The second kappa shape index (κ2) is 5.94. The first-order chi connectivity index (χ1) is 6.63. The summed E-state index contributed by atoms with van der Waals surface area (Å²) >= 11 is 6.05. The Kier molecular flexibility index (Phi) is 5.96. The van der Waals surface area contributed by atoms with Crippen LogP contribution in [0.25, 0.3) is 0 Å². The lowest BCUT2D eigenvalue weighted by Gasteiger charge is -2.24. The zero-order valence-electron chi connectivity index (χ0n) is 9.33. The molecule has 0 radical (unpaired) electrons. The molecule has 1 nitrogen and oxygen atoms in total. The van der Waals surface area contributed by atoms with E-state index in [-0.39, 0.29) is 17.4 Å². The van der Waals surface area contributed by atoms with Crippen molar-refractivity contribution < 1.29 is 17.9 Å². The minimum Gasteiger partial charge on any atom is -0.372 e. The van der Waals surface area contributed by atoms with Gasteiger partial charge in [0, 0.05) is 12.0 Å². The van der Waals surface area contributed by atoms with E-state index in [1.807, 2.05) is 20.8 Å². The second-order valence-electron chi connectivity index (χ2n) is 4.64. The van der Waals surface area contributed by atoms with Crippen molar-refractivity contribution in [3.8, 4) is 0 Å². The zero-order chi connectivity index (χ0) is 12.1. The first-order valence-electron chi connectivity index (χ1n) is 4.91. The lowest BCUT2D eigenvalue weighted by molar-refractivity contribution is -0.174. The van der Waals surface area contributed by atoms with Crippen LogP contribution in [-0.2, 0) is 4.74 Å². The van der Waals surface area contributed by atoms with E-state index in [4.69, 9.17) is 11.6 Å². The number of hydrogen-bond acceptors (Lipinski definition) is 1. The normalized spacial score (nSPS) is 15.4. The molecule has 0 aromatic rings. The molecule has 0 heterocycles. The van der Waals surface area contributed by atoms with E-state index in [1.54, 1.807) is 0 Å². The van der Waals surface area contributed by atoms with Crippen LogP contribution in [-0.4, -0.2) is 24.8 Å². The molecule has 0 spiro atoms. The molecule has 0 amide bonds. The van der Waals surface area contributed by atoms with Gasteiger partial charge in [-0.3, -0.25) is 0 Å². The molecule has 1 unspecified atom stereocenters. The number of alkyl halides is 4. The molecule has 0 N–H and O–H groups in total. The van der Waals surface area contributed by atoms with Gasteiger partial charge in [0.25, 0.3) is 0 Å². The number of hydrogen-bond donors (Lipinski definition) is 0. The third kappa shape index (κ3) is 9.00. The summed E-state index contributed by atoms with van der Waals surface area (Å²) in [6.07, 6.45) is -3.01. The maximum atomic E-state index is 11.7. The van der Waals surface area contributed by atoms with Crippen molar-refractivity contribution in [2.45, 2.75) is 45.2 Å². The highest BCUT2D eigenvalue weighted by Gasteiger charge is 2.27. The van der Waals surface area contributed by atoms with Gasteiger partial charge in [0.05, 0.1) is 0 Å². The average Bonchev–Trinajstić information content (AvgIpc) is 1.99. The molecule has 0 aromatic carbocycles. The van der Waals surface area contributed by atoms with Crippen molar-refractivity contribution in [2.24, 2.45) is 5.41 Å². The summed E-state index contributed by atoms with van der Waals surface area (Å²) in [4.78, 5) is 0. The van der Waals surface area contributed by atoms with Gasteiger partial charge in [-0.25, -0.2) is 0 Å². The Hall–Kier alpha value is 0.0400. The van der Waals surface area contributed by atoms with Crippen LogP contribution in [0.3, 0.4) is 0 Å². The molecule has 1 atom stereocenters. The molecule has 92 valence electrons. The molecular formula is C10H18ClF3O. The summed E-state index contributed by atoms with van der Waals surface area (Å²) in [5, 5.41) is -0.0352. The van der Waals surface area contributed by atoms with Crippen LogP contribution in [0.1, 0.15) is 33.6 Å². The van der Waals surface area contributed by atoms with E-state index in [0.717, 1.165) is 0 Å². The Balaban J connectivity index is 3.48. The fraction of sp³-hybridized carbons (Fsp3) is 1.00. The molecule has 0 aromatic heterocycles. The molecule has 0 bridgehead atoms. The van der Waals surface area contributed by atoms with Crippen molar-refractivity contribution in [2.75, 3.05) is 13.2 Å². The third-order valence-electron chi connectivity index (χ3n) is 1.95. The monoisotopic (exact) mass is 246 g/mol. The minimum absolute atomic E-state index is 0.0222. The largest absolute Gasteiger partial charge is 0.411 e. The first-order valence-corrected chi connectivity index (χ1v) is 5.35. The molecule has 0 fully saturated rings. The summed E-state index contributed by atoms with van der Waals surface area (Å²) in [6, 6.07) is 0. The van der Waals surface area contributed by atoms with Gasteiger partial charge in [-0.2, -0.15) is 13.2 Å². The van der Waals surface area contributed by atoms with Gasteiger partial charge in [-0.05, 0) is 18.3 Å². The second-order valence-corrected chi connectivity index (χ2v) is 5.17. The Morgan fingerprint density at radius 2 is 1.73 bits per heavy atom. The van der Waals surface area contributed by atoms with Gasteiger partial charge >= 0.3 is 6.18 Å². The molecular weight excluding hydrogens is 229 g/mol. The highest BCUT2D eigenvalue weighted by Crippen LogP contribution is 2.27. The Bertz CT molecular complexity index is 174. The van der Waals surface area contributed by atoms with Crippen LogP contribution in [0.15, 0.2) is 0 Å². The van der Waals surface area contributed by atoms with Crippen LogP contribution < -0.4 is 0 Å². The van der Waals surface area contributed by atoms with E-state index in [9.17, 15) is 13.2 Å². The van der Waals surface area contributed by atoms with E-state index in [0.29, 0.717) is 12.8 Å². The molecule has 0 aliphatic rings. The third-order valence-corrected chi connectivity index (χ3v) is 2.82. The van der Waals surface area contributed by atoms with Gasteiger partial charge < -0.3 is 4.74 Å². The number of halogens is 4. The smallest absolute Gasteiger partial charge is 0.372 e. The summed E-state index contributed by atoms with van der Waals surface area (Å²) in [7, 11) is 0. The quantitative estimate of drug-likeness (QED) is 0.526. The molecule has 0 rings (SSSR count). The van der Waals surface area contributed by atoms with Crippen LogP contribution in [0.4, 0.5) is 13.2 Å². The van der Waals surface area contributed by atoms with Crippen LogP contribution in [0, 0.1) is 5.41 Å². The van der Waals surface area contributed by atoms with Gasteiger partial charge in [-0.15, -0.1) is 11.6 Å². The summed E-state index contributed by atoms with van der Waals surface area (Å²) < 4.78 is 39.5. The Morgan fingerprint density at radius 1 is 1.20 bits per heavy atom. The van der Waals surface area contributed by atoms with Crippen molar-refractivity contribution in [3.63, 3.8) is 0 Å². The van der Waals surface area contributed by atoms with Gasteiger partial charge in [0.1, 0.15) is 6.61 Å². The topological polar surface area (TPSA) is 9.23 Å². The molecule has 0 saturated heterocycles. The summed E-state index contributed by atoms with van der Waals surface area (Å²) in [6.45, 7) is 4.94. The summed E-state index contributed by atoms with van der Waals surface area (Å²) in [5.74, 6) is 0. The van der Waals surface area contributed by atoms with E-state index >= 15 is 0 Å². The molecule has 0 saturated carbocycles. The maximum absolute atomic E-state index is 11.7. The van der Waals surface area contributed by atoms with Crippen molar-refractivity contribution in [3.05, 3.63) is 0 Å². The Labute approximate surface area is 93.9 Å². The fourth-order valence-electron chi connectivity index (χ4n) is 0.986. The van der Waals surface area contributed by atoms with Crippen LogP contribution in [0.5, 0.6) is 0 Å². The SMILES string of the molecule is CC(C)(C)C(Cl)CCCOCC(F)(F)F. The van der Waals surface area contributed by atoms with Crippen molar-refractivity contribution in [1.82, 2.24) is 0 Å². The number of ether oxygens (including phenoxy) is 1. The van der Waals surface area contributed by atoms with Gasteiger partial charge in [0.2, 0.25) is 0 Å². The van der Waals surface area contributed by atoms with Gasteiger partial charge in [-0.1, -0.05) is 20.8 Å². The highest BCUT2D eigenvalue weighted by molar-refractivity contribution is 6.21. The predicted molar refractivity (Wildman–Crippen MR) is 55.2 cm³/mol. The van der Waals surface area contributed by atoms with Crippen molar-refractivity contribution >= 4 is 11.6 Å². The van der Waals surface area contributed by atoms with Crippen molar-refractivity contribution in [1.29, 1.82) is 0 Å². The lowest BCUT2D eigenvalue weighted by atomic mass is 9.89. The number of rotatable bonds is 5. The fourth-order valence-corrected chi connectivity index (χ4v) is 1.14. The molecule has 15 heavy (non-hydrogen) atoms. The molecule has 0 aliphatic carbocycles. The summed E-state index contributed by atoms with van der Waals surface area (Å²) in [5.41, 5.74) is -0.0222. The molecule has 0 aliphatic heterocycles. The molecule has 5 heteroatoms. The lowest BCUT2D eigenvalue weighted by Crippen LogP contribution is -2.22. The minimum atomic E-state index is -4.23. The first kappa shape index (κ1) is 15.0. The predicted octanol–water partition coefficient (Wildman–Crippen LogP) is 4.00. The van der Waals surface area contributed by atoms with E-state index < -0.39 is 12.8 Å². The maximum Gasteiger partial charge on any atom is 0.411 e.